The van der Waals surface area contributed by atoms with E-state index >= 15 is 0 Å². The fraction of sp³-hybridized carbons (Fsp3) is 0.455. The average molecular weight is 459 g/mol. The Morgan fingerprint density at radius 1 is 1.38 bits per heavy atom. The first-order valence-electron chi connectivity index (χ1n) is 10.6. The molecule has 1 aromatic carbocycles. The second-order valence-corrected chi connectivity index (χ2v) is 8.88. The molecule has 1 saturated heterocycles. The molecule has 9 nitrogen and oxygen atoms in total. The molecule has 0 bridgehead atoms. The minimum absolute atomic E-state index is 0.0282. The third kappa shape index (κ3) is 4.10. The molecule has 2 aliphatic heterocycles. The maximum Gasteiger partial charge on any atom is 0.273 e. The molecule has 10 heteroatoms. The van der Waals surface area contributed by atoms with Gasteiger partial charge in [0.25, 0.3) is 5.91 Å². The molecule has 3 N–H and O–H groups in total. The standard InChI is InChI=1S/C22H27ClN6O3/c1-13-11-14(8-10-32-13)29-18(30)12-22(2,27-21(29)24)15-5-4-6-16(19(15)23)26-20(31)17-7-9-25-28(17)3/h4-7,9,13-14H,8,10-12H2,1-3H3,(H2,24,27)(H,26,31)/t13-,14-,22+/m1/s1. The normalized spacial score (nSPS) is 26.1. The minimum Gasteiger partial charge on any atom is -0.378 e. The van der Waals surface area contributed by atoms with Gasteiger partial charge in [0, 0.05) is 31.5 Å². The van der Waals surface area contributed by atoms with Crippen LogP contribution in [0.2, 0.25) is 5.02 Å². The van der Waals surface area contributed by atoms with Crippen LogP contribution >= 0.6 is 11.6 Å². The van der Waals surface area contributed by atoms with Crippen LogP contribution in [0.25, 0.3) is 0 Å². The summed E-state index contributed by atoms with van der Waals surface area (Å²) in [5.41, 5.74) is 6.80. The number of ether oxygens (including phenoxy) is 1. The summed E-state index contributed by atoms with van der Waals surface area (Å²) in [5.74, 6) is -0.250. The van der Waals surface area contributed by atoms with Crippen LogP contribution in [0.15, 0.2) is 35.5 Å². The zero-order valence-corrected chi connectivity index (χ0v) is 19.1. The Balaban J connectivity index is 1.62. The number of carbonyl (C=O) groups is 2. The molecule has 0 unspecified atom stereocenters. The number of anilines is 1. The summed E-state index contributed by atoms with van der Waals surface area (Å²) in [6.07, 6.45) is 3.17. The third-order valence-electron chi connectivity index (χ3n) is 6.08. The predicted molar refractivity (Wildman–Crippen MR) is 121 cm³/mol. The second-order valence-electron chi connectivity index (χ2n) is 8.51. The van der Waals surface area contributed by atoms with E-state index in [4.69, 9.17) is 27.1 Å². The van der Waals surface area contributed by atoms with E-state index in [1.165, 1.54) is 4.68 Å². The van der Waals surface area contributed by atoms with Gasteiger partial charge in [0.1, 0.15) is 5.69 Å². The minimum atomic E-state index is -0.946. The average Bonchev–Trinajstić information content (AvgIpc) is 3.15. The Labute approximate surface area is 191 Å². The first-order valence-corrected chi connectivity index (χ1v) is 10.9. The van der Waals surface area contributed by atoms with Crippen LogP contribution in [0.1, 0.15) is 49.2 Å². The molecule has 0 spiro atoms. The van der Waals surface area contributed by atoms with E-state index in [0.717, 1.165) is 12.8 Å². The SMILES string of the molecule is C[C@@H]1C[C@H](N2C(=O)C[C@@](C)(c3cccc(NC(=O)c4ccnn4C)c3Cl)N=C2N)CCO1. The van der Waals surface area contributed by atoms with Crippen LogP contribution in [-0.2, 0) is 22.1 Å². The number of aryl methyl sites for hydroxylation is 1. The topological polar surface area (TPSA) is 115 Å². The third-order valence-corrected chi connectivity index (χ3v) is 6.48. The van der Waals surface area contributed by atoms with Crippen LogP contribution in [0.4, 0.5) is 5.69 Å². The van der Waals surface area contributed by atoms with E-state index in [9.17, 15) is 9.59 Å². The summed E-state index contributed by atoms with van der Waals surface area (Å²) < 4.78 is 7.08. The summed E-state index contributed by atoms with van der Waals surface area (Å²) in [7, 11) is 1.68. The van der Waals surface area contributed by atoms with Crippen molar-refractivity contribution in [1.29, 1.82) is 0 Å². The van der Waals surface area contributed by atoms with Gasteiger partial charge in [-0.25, -0.2) is 4.99 Å². The lowest BCUT2D eigenvalue weighted by Crippen LogP contribution is -2.56. The van der Waals surface area contributed by atoms with Crippen molar-refractivity contribution in [2.75, 3.05) is 11.9 Å². The van der Waals surface area contributed by atoms with E-state index in [1.807, 2.05) is 13.8 Å². The zero-order valence-electron chi connectivity index (χ0n) is 18.3. The number of nitrogens with two attached hydrogens (primary N) is 1. The van der Waals surface area contributed by atoms with Crippen molar-refractivity contribution in [3.63, 3.8) is 0 Å². The van der Waals surface area contributed by atoms with Gasteiger partial charge in [-0.05, 0) is 38.8 Å². The van der Waals surface area contributed by atoms with Gasteiger partial charge in [-0.3, -0.25) is 19.2 Å². The van der Waals surface area contributed by atoms with Gasteiger partial charge >= 0.3 is 0 Å². The molecule has 170 valence electrons. The largest absolute Gasteiger partial charge is 0.378 e. The van der Waals surface area contributed by atoms with Crippen molar-refractivity contribution in [3.8, 4) is 0 Å². The van der Waals surface area contributed by atoms with Crippen LogP contribution in [0.3, 0.4) is 0 Å². The molecular weight excluding hydrogens is 432 g/mol. The second kappa shape index (κ2) is 8.55. The lowest BCUT2D eigenvalue weighted by molar-refractivity contribution is -0.133. The lowest BCUT2D eigenvalue weighted by atomic mass is 9.86. The highest BCUT2D eigenvalue weighted by Crippen LogP contribution is 2.41. The Morgan fingerprint density at radius 2 is 2.16 bits per heavy atom. The van der Waals surface area contributed by atoms with Gasteiger partial charge in [0.05, 0.1) is 28.8 Å². The van der Waals surface area contributed by atoms with Crippen molar-refractivity contribution >= 4 is 35.1 Å². The summed E-state index contributed by atoms with van der Waals surface area (Å²) >= 11 is 6.69. The maximum atomic E-state index is 13.2. The van der Waals surface area contributed by atoms with Crippen LogP contribution in [0.5, 0.6) is 0 Å². The van der Waals surface area contributed by atoms with Crippen LogP contribution in [0, 0.1) is 0 Å². The monoisotopic (exact) mass is 458 g/mol. The van der Waals surface area contributed by atoms with E-state index in [-0.39, 0.29) is 36.3 Å². The van der Waals surface area contributed by atoms with Gasteiger partial charge in [-0.1, -0.05) is 23.7 Å². The summed E-state index contributed by atoms with van der Waals surface area (Å²) in [4.78, 5) is 32.1. The Hall–Kier alpha value is -2.91. The van der Waals surface area contributed by atoms with E-state index in [1.54, 1.807) is 42.4 Å². The number of amides is 2. The number of aromatic nitrogens is 2. The first kappa shape index (κ1) is 22.3. The van der Waals surface area contributed by atoms with Gasteiger partial charge in [0.15, 0.2) is 5.96 Å². The number of halogens is 1. The number of benzene rings is 1. The van der Waals surface area contributed by atoms with Crippen molar-refractivity contribution in [1.82, 2.24) is 14.7 Å². The number of aliphatic imine (C=N–C) groups is 1. The van der Waals surface area contributed by atoms with E-state index in [2.05, 4.69) is 10.4 Å². The molecule has 2 aromatic rings. The predicted octanol–water partition coefficient (Wildman–Crippen LogP) is 2.66. The quantitative estimate of drug-likeness (QED) is 0.730. The maximum absolute atomic E-state index is 13.2. The van der Waals surface area contributed by atoms with Crippen LogP contribution in [-0.4, -0.2) is 51.2 Å². The molecule has 4 rings (SSSR count). The van der Waals surface area contributed by atoms with Crippen molar-refractivity contribution in [3.05, 3.63) is 46.7 Å². The summed E-state index contributed by atoms with van der Waals surface area (Å²) in [5, 5.41) is 7.15. The highest BCUT2D eigenvalue weighted by molar-refractivity contribution is 6.34. The Morgan fingerprint density at radius 3 is 2.81 bits per heavy atom. The lowest BCUT2D eigenvalue weighted by Gasteiger charge is -2.41. The number of hydrogen-bond acceptors (Lipinski definition) is 6. The number of guanidine groups is 1. The molecule has 0 radical (unpaired) electrons. The van der Waals surface area contributed by atoms with Crippen molar-refractivity contribution in [2.24, 2.45) is 17.8 Å². The van der Waals surface area contributed by atoms with Crippen molar-refractivity contribution < 1.29 is 14.3 Å². The fourth-order valence-electron chi connectivity index (χ4n) is 4.44. The molecule has 2 aliphatic rings. The number of nitrogens with zero attached hydrogens (tertiary/aromatic N) is 4. The molecule has 1 fully saturated rings. The van der Waals surface area contributed by atoms with E-state index < -0.39 is 5.54 Å². The number of carbonyl (C=O) groups excluding carboxylic acids is 2. The Kier molecular flexibility index (Phi) is 5.96. The molecule has 3 atom stereocenters. The Bertz CT molecular complexity index is 1080. The number of hydrogen-bond donors (Lipinski definition) is 2. The summed E-state index contributed by atoms with van der Waals surface area (Å²) in [6, 6.07) is 6.87. The highest BCUT2D eigenvalue weighted by Gasteiger charge is 2.42. The number of nitrogens with one attached hydrogen (secondary N) is 1. The van der Waals surface area contributed by atoms with Gasteiger partial charge in [-0.2, -0.15) is 5.10 Å². The van der Waals surface area contributed by atoms with Gasteiger partial charge < -0.3 is 15.8 Å². The molecule has 32 heavy (non-hydrogen) atoms. The molecule has 0 saturated carbocycles. The summed E-state index contributed by atoms with van der Waals surface area (Å²) in [6.45, 7) is 4.41. The fourth-order valence-corrected chi connectivity index (χ4v) is 4.81. The van der Waals surface area contributed by atoms with Gasteiger partial charge in [-0.15, -0.1) is 0 Å². The van der Waals surface area contributed by atoms with E-state index in [0.29, 0.717) is 28.6 Å². The highest BCUT2D eigenvalue weighted by atomic mass is 35.5. The molecule has 1 aromatic heterocycles. The molecule has 2 amide bonds. The van der Waals surface area contributed by atoms with Crippen LogP contribution < -0.4 is 11.1 Å². The number of rotatable bonds is 4. The first-order chi connectivity index (χ1) is 15.2. The van der Waals surface area contributed by atoms with Gasteiger partial charge in [0.2, 0.25) is 5.91 Å². The molecule has 3 heterocycles. The molecular formula is C22H27ClN6O3. The smallest absolute Gasteiger partial charge is 0.273 e. The zero-order chi connectivity index (χ0) is 23.0. The molecule has 0 aliphatic carbocycles. The van der Waals surface area contributed by atoms with Crippen molar-refractivity contribution in [2.45, 2.75) is 50.8 Å².